The second-order valence-electron chi connectivity index (χ2n) is 7.52. The zero-order valence-electron chi connectivity index (χ0n) is 17.4. The SMILES string of the molecule is CN(c1ccccc1)S(=O)(=O)c1cccc(NCC(=O)N2CCc3ccccc3C2)c1. The van der Waals surface area contributed by atoms with Crippen LogP contribution in [-0.2, 0) is 27.8 Å². The molecular formula is C24H25N3O3S. The van der Waals surface area contributed by atoms with Crippen LogP contribution in [0.3, 0.4) is 0 Å². The van der Waals surface area contributed by atoms with Crippen molar-refractivity contribution in [2.75, 3.05) is 29.8 Å². The number of benzene rings is 3. The van der Waals surface area contributed by atoms with Crippen LogP contribution in [0, 0.1) is 0 Å². The van der Waals surface area contributed by atoms with E-state index in [2.05, 4.69) is 17.4 Å². The Labute approximate surface area is 183 Å². The third-order valence-corrected chi connectivity index (χ3v) is 7.32. The van der Waals surface area contributed by atoms with Crippen LogP contribution in [0.1, 0.15) is 11.1 Å². The van der Waals surface area contributed by atoms with Gasteiger partial charge in [0.2, 0.25) is 5.91 Å². The molecule has 0 saturated carbocycles. The predicted molar refractivity (Wildman–Crippen MR) is 123 cm³/mol. The van der Waals surface area contributed by atoms with E-state index in [1.807, 2.05) is 23.1 Å². The fraction of sp³-hybridized carbons (Fsp3) is 0.208. The third kappa shape index (κ3) is 4.56. The average Bonchev–Trinajstić information content (AvgIpc) is 2.82. The molecule has 1 amide bonds. The largest absolute Gasteiger partial charge is 0.376 e. The van der Waals surface area contributed by atoms with Crippen molar-refractivity contribution in [3.8, 4) is 0 Å². The second-order valence-corrected chi connectivity index (χ2v) is 9.49. The van der Waals surface area contributed by atoms with Gasteiger partial charge in [-0.2, -0.15) is 0 Å². The second kappa shape index (κ2) is 8.81. The van der Waals surface area contributed by atoms with Crippen molar-refractivity contribution >= 4 is 27.3 Å². The van der Waals surface area contributed by atoms with Gasteiger partial charge in [0, 0.05) is 25.8 Å². The lowest BCUT2D eigenvalue weighted by Gasteiger charge is -2.29. The molecular weight excluding hydrogens is 410 g/mol. The van der Waals surface area contributed by atoms with Crippen molar-refractivity contribution in [1.29, 1.82) is 0 Å². The molecule has 0 aliphatic carbocycles. The van der Waals surface area contributed by atoms with E-state index < -0.39 is 10.0 Å². The Morgan fingerprint density at radius 2 is 1.68 bits per heavy atom. The Morgan fingerprint density at radius 1 is 0.968 bits per heavy atom. The number of amides is 1. The maximum atomic E-state index is 13.0. The zero-order chi connectivity index (χ0) is 21.8. The van der Waals surface area contributed by atoms with E-state index >= 15 is 0 Å². The summed E-state index contributed by atoms with van der Waals surface area (Å²) in [5.41, 5.74) is 3.65. The van der Waals surface area contributed by atoms with Crippen LogP contribution in [0.5, 0.6) is 0 Å². The van der Waals surface area contributed by atoms with E-state index in [4.69, 9.17) is 0 Å². The monoisotopic (exact) mass is 435 g/mol. The summed E-state index contributed by atoms with van der Waals surface area (Å²) in [5, 5.41) is 3.08. The van der Waals surface area contributed by atoms with Crippen LogP contribution in [-0.4, -0.2) is 39.4 Å². The van der Waals surface area contributed by atoms with E-state index in [1.165, 1.54) is 22.5 Å². The van der Waals surface area contributed by atoms with Gasteiger partial charge >= 0.3 is 0 Å². The van der Waals surface area contributed by atoms with Crippen LogP contribution < -0.4 is 9.62 Å². The van der Waals surface area contributed by atoms with Gasteiger partial charge in [-0.15, -0.1) is 0 Å². The lowest BCUT2D eigenvalue weighted by molar-refractivity contribution is -0.130. The summed E-state index contributed by atoms with van der Waals surface area (Å²) in [4.78, 5) is 14.7. The lowest BCUT2D eigenvalue weighted by atomic mass is 10.00. The van der Waals surface area contributed by atoms with Crippen molar-refractivity contribution in [2.24, 2.45) is 0 Å². The molecule has 7 heteroatoms. The maximum absolute atomic E-state index is 13.0. The number of carbonyl (C=O) groups is 1. The smallest absolute Gasteiger partial charge is 0.264 e. The van der Waals surface area contributed by atoms with Crippen molar-refractivity contribution < 1.29 is 13.2 Å². The van der Waals surface area contributed by atoms with E-state index in [9.17, 15) is 13.2 Å². The highest BCUT2D eigenvalue weighted by atomic mass is 32.2. The van der Waals surface area contributed by atoms with Crippen molar-refractivity contribution in [2.45, 2.75) is 17.9 Å². The van der Waals surface area contributed by atoms with Crippen LogP contribution in [0.2, 0.25) is 0 Å². The number of carbonyl (C=O) groups excluding carboxylic acids is 1. The Hall–Kier alpha value is -3.32. The van der Waals surface area contributed by atoms with E-state index in [0.29, 0.717) is 24.5 Å². The normalized spacial score (nSPS) is 13.4. The molecule has 0 atom stereocenters. The molecule has 0 aromatic heterocycles. The molecule has 31 heavy (non-hydrogen) atoms. The van der Waals surface area contributed by atoms with Gasteiger partial charge in [0.1, 0.15) is 0 Å². The molecule has 0 fully saturated rings. The van der Waals surface area contributed by atoms with Gasteiger partial charge in [0.25, 0.3) is 10.0 Å². The van der Waals surface area contributed by atoms with Crippen LogP contribution in [0.15, 0.2) is 83.8 Å². The first-order chi connectivity index (χ1) is 14.9. The quantitative estimate of drug-likeness (QED) is 0.643. The minimum absolute atomic E-state index is 0.0100. The number of rotatable bonds is 6. The first-order valence-corrected chi connectivity index (χ1v) is 11.6. The molecule has 1 N–H and O–H groups in total. The third-order valence-electron chi connectivity index (χ3n) is 5.54. The van der Waals surface area contributed by atoms with Gasteiger partial charge < -0.3 is 10.2 Å². The summed E-state index contributed by atoms with van der Waals surface area (Å²) in [6.07, 6.45) is 0.849. The summed E-state index contributed by atoms with van der Waals surface area (Å²) in [6, 6.07) is 23.7. The number of nitrogens with one attached hydrogen (secondary N) is 1. The number of sulfonamides is 1. The molecule has 0 saturated heterocycles. The van der Waals surface area contributed by atoms with Crippen molar-refractivity contribution in [3.05, 3.63) is 90.0 Å². The standard InChI is InChI=1S/C24H25N3O3S/c1-26(22-11-3-2-4-12-22)31(29,30)23-13-7-10-21(16-23)25-17-24(28)27-15-14-19-8-5-6-9-20(19)18-27/h2-13,16,25H,14-15,17-18H2,1H3. The van der Waals surface area contributed by atoms with Gasteiger partial charge in [0.15, 0.2) is 0 Å². The first-order valence-electron chi connectivity index (χ1n) is 10.2. The van der Waals surface area contributed by atoms with Crippen molar-refractivity contribution in [1.82, 2.24) is 4.90 Å². The summed E-state index contributed by atoms with van der Waals surface area (Å²) in [5.74, 6) is -0.0100. The molecule has 3 aromatic carbocycles. The fourth-order valence-electron chi connectivity index (χ4n) is 3.70. The summed E-state index contributed by atoms with van der Waals surface area (Å²) >= 11 is 0. The Bertz CT molecular complexity index is 1180. The summed E-state index contributed by atoms with van der Waals surface area (Å²) < 4.78 is 27.3. The number of fused-ring (bicyclic) bond motifs is 1. The van der Waals surface area contributed by atoms with Gasteiger partial charge in [0.05, 0.1) is 17.1 Å². The number of hydrogen-bond acceptors (Lipinski definition) is 4. The highest BCUT2D eigenvalue weighted by Gasteiger charge is 2.22. The molecule has 1 heterocycles. The minimum Gasteiger partial charge on any atom is -0.376 e. The van der Waals surface area contributed by atoms with E-state index in [0.717, 1.165) is 6.42 Å². The van der Waals surface area contributed by atoms with Gasteiger partial charge in [-0.3, -0.25) is 9.10 Å². The highest BCUT2D eigenvalue weighted by Crippen LogP contribution is 2.24. The zero-order valence-corrected chi connectivity index (χ0v) is 18.2. The highest BCUT2D eigenvalue weighted by molar-refractivity contribution is 7.92. The molecule has 3 aromatic rings. The van der Waals surface area contributed by atoms with Crippen LogP contribution in [0.4, 0.5) is 11.4 Å². The predicted octanol–water partition coefficient (Wildman–Crippen LogP) is 3.51. The average molecular weight is 436 g/mol. The first kappa shape index (κ1) is 20.9. The molecule has 0 radical (unpaired) electrons. The van der Waals surface area contributed by atoms with Crippen LogP contribution in [0.25, 0.3) is 0 Å². The van der Waals surface area contributed by atoms with Gasteiger partial charge in [-0.05, 0) is 47.9 Å². The molecule has 1 aliphatic heterocycles. The number of hydrogen-bond donors (Lipinski definition) is 1. The van der Waals surface area contributed by atoms with Crippen molar-refractivity contribution in [3.63, 3.8) is 0 Å². The Kier molecular flexibility index (Phi) is 5.95. The minimum atomic E-state index is -3.71. The molecule has 0 bridgehead atoms. The summed E-state index contributed by atoms with van der Waals surface area (Å²) in [6.45, 7) is 1.40. The number of para-hydroxylation sites is 1. The number of anilines is 2. The Balaban J connectivity index is 1.43. The molecule has 0 spiro atoms. The maximum Gasteiger partial charge on any atom is 0.264 e. The molecule has 6 nitrogen and oxygen atoms in total. The van der Waals surface area contributed by atoms with Gasteiger partial charge in [-0.25, -0.2) is 8.42 Å². The van der Waals surface area contributed by atoms with E-state index in [1.54, 1.807) is 48.5 Å². The molecule has 4 rings (SSSR count). The fourth-order valence-corrected chi connectivity index (χ4v) is 4.94. The lowest BCUT2D eigenvalue weighted by Crippen LogP contribution is -2.39. The van der Waals surface area contributed by atoms with E-state index in [-0.39, 0.29) is 17.3 Å². The molecule has 160 valence electrons. The Morgan fingerprint density at radius 3 is 2.45 bits per heavy atom. The molecule has 0 unspecified atom stereocenters. The summed E-state index contributed by atoms with van der Waals surface area (Å²) in [7, 11) is -2.18. The van der Waals surface area contributed by atoms with Gasteiger partial charge in [-0.1, -0.05) is 48.5 Å². The van der Waals surface area contributed by atoms with Crippen LogP contribution >= 0.6 is 0 Å². The molecule has 1 aliphatic rings. The topological polar surface area (TPSA) is 69.7 Å². The number of nitrogens with zero attached hydrogens (tertiary/aromatic N) is 2.